The van der Waals surface area contributed by atoms with Crippen LogP contribution in [0.15, 0.2) is 24.3 Å². The lowest BCUT2D eigenvalue weighted by Gasteiger charge is -2.21. The van der Waals surface area contributed by atoms with Crippen molar-refractivity contribution in [1.29, 1.82) is 0 Å². The molecular weight excluding hydrogens is 252 g/mol. The maximum absolute atomic E-state index is 12.0. The fourth-order valence-electron chi connectivity index (χ4n) is 2.79. The SMILES string of the molecule is COCC(C)NC(=O)NC1CCCCc2ccccc21. The Labute approximate surface area is 120 Å². The van der Waals surface area contributed by atoms with Gasteiger partial charge in [-0.05, 0) is 37.3 Å². The minimum atomic E-state index is -0.115. The van der Waals surface area contributed by atoms with E-state index in [1.165, 1.54) is 17.5 Å². The zero-order chi connectivity index (χ0) is 14.4. The summed E-state index contributed by atoms with van der Waals surface area (Å²) in [6.45, 7) is 2.46. The number of fused-ring (bicyclic) bond motifs is 1. The lowest BCUT2D eigenvalue weighted by molar-refractivity contribution is 0.170. The van der Waals surface area contributed by atoms with Crippen LogP contribution in [0.4, 0.5) is 4.79 Å². The Balaban J connectivity index is 2.00. The quantitative estimate of drug-likeness (QED) is 0.831. The van der Waals surface area contributed by atoms with Crippen molar-refractivity contribution < 1.29 is 9.53 Å². The number of ether oxygens (including phenoxy) is 1. The summed E-state index contributed by atoms with van der Waals surface area (Å²) in [7, 11) is 1.64. The molecule has 20 heavy (non-hydrogen) atoms. The first-order valence-corrected chi connectivity index (χ1v) is 7.34. The van der Waals surface area contributed by atoms with E-state index in [0.717, 1.165) is 19.3 Å². The molecule has 0 bridgehead atoms. The fraction of sp³-hybridized carbons (Fsp3) is 0.562. The average Bonchev–Trinajstić information content (AvgIpc) is 2.62. The molecule has 2 unspecified atom stereocenters. The van der Waals surface area contributed by atoms with Gasteiger partial charge in [0.15, 0.2) is 0 Å². The summed E-state index contributed by atoms with van der Waals surface area (Å²) >= 11 is 0. The van der Waals surface area contributed by atoms with Gasteiger partial charge >= 0.3 is 6.03 Å². The largest absolute Gasteiger partial charge is 0.383 e. The van der Waals surface area contributed by atoms with Crippen LogP contribution in [0, 0.1) is 0 Å². The maximum Gasteiger partial charge on any atom is 0.315 e. The number of amides is 2. The summed E-state index contributed by atoms with van der Waals surface area (Å²) in [6.07, 6.45) is 4.45. The molecule has 1 aliphatic carbocycles. The van der Waals surface area contributed by atoms with Gasteiger partial charge in [0.2, 0.25) is 0 Å². The molecule has 1 aromatic rings. The van der Waals surface area contributed by atoms with Crippen molar-refractivity contribution in [3.8, 4) is 0 Å². The Morgan fingerprint density at radius 1 is 1.40 bits per heavy atom. The van der Waals surface area contributed by atoms with Crippen molar-refractivity contribution >= 4 is 6.03 Å². The molecule has 0 saturated carbocycles. The Morgan fingerprint density at radius 2 is 2.20 bits per heavy atom. The van der Waals surface area contributed by atoms with Crippen LogP contribution in [0.1, 0.15) is 43.4 Å². The van der Waals surface area contributed by atoms with Gasteiger partial charge in [0.25, 0.3) is 0 Å². The van der Waals surface area contributed by atoms with Gasteiger partial charge in [0.1, 0.15) is 0 Å². The van der Waals surface area contributed by atoms with E-state index in [9.17, 15) is 4.79 Å². The van der Waals surface area contributed by atoms with Crippen LogP contribution in [-0.4, -0.2) is 25.8 Å². The number of hydrogen-bond donors (Lipinski definition) is 2. The van der Waals surface area contributed by atoms with Gasteiger partial charge < -0.3 is 15.4 Å². The number of urea groups is 1. The van der Waals surface area contributed by atoms with Crippen LogP contribution >= 0.6 is 0 Å². The van der Waals surface area contributed by atoms with E-state index in [-0.39, 0.29) is 18.1 Å². The Kier molecular flexibility index (Phi) is 5.41. The first-order chi connectivity index (χ1) is 9.70. The number of aryl methyl sites for hydroxylation is 1. The van der Waals surface area contributed by atoms with Gasteiger partial charge in [0, 0.05) is 7.11 Å². The molecule has 2 rings (SSSR count). The van der Waals surface area contributed by atoms with Crippen LogP contribution in [0.3, 0.4) is 0 Å². The molecule has 110 valence electrons. The zero-order valence-electron chi connectivity index (χ0n) is 12.3. The third kappa shape index (κ3) is 3.97. The molecule has 4 nitrogen and oxygen atoms in total. The van der Waals surface area contributed by atoms with Crippen molar-refractivity contribution in [1.82, 2.24) is 10.6 Å². The van der Waals surface area contributed by atoms with E-state index < -0.39 is 0 Å². The van der Waals surface area contributed by atoms with Crippen molar-refractivity contribution in [2.75, 3.05) is 13.7 Å². The van der Waals surface area contributed by atoms with Gasteiger partial charge in [-0.2, -0.15) is 0 Å². The fourth-order valence-corrected chi connectivity index (χ4v) is 2.79. The standard InChI is InChI=1S/C16H24N2O2/c1-12(11-20-2)17-16(19)18-15-10-6-4-8-13-7-3-5-9-14(13)15/h3,5,7,9,12,15H,4,6,8,10-11H2,1-2H3,(H2,17,18,19). The van der Waals surface area contributed by atoms with Crippen molar-refractivity contribution in [3.63, 3.8) is 0 Å². The molecular formula is C16H24N2O2. The highest BCUT2D eigenvalue weighted by molar-refractivity contribution is 5.74. The van der Waals surface area contributed by atoms with Gasteiger partial charge in [-0.15, -0.1) is 0 Å². The summed E-state index contributed by atoms with van der Waals surface area (Å²) in [6, 6.07) is 8.43. The number of rotatable bonds is 4. The van der Waals surface area contributed by atoms with Crippen molar-refractivity contribution in [2.45, 2.75) is 44.7 Å². The van der Waals surface area contributed by atoms with Gasteiger partial charge in [-0.3, -0.25) is 0 Å². The predicted molar refractivity (Wildman–Crippen MR) is 79.7 cm³/mol. The highest BCUT2D eigenvalue weighted by Crippen LogP contribution is 2.28. The molecule has 1 aliphatic rings. The van der Waals surface area contributed by atoms with Crippen LogP contribution in [0.2, 0.25) is 0 Å². The highest BCUT2D eigenvalue weighted by atomic mass is 16.5. The number of nitrogens with one attached hydrogen (secondary N) is 2. The third-order valence-electron chi connectivity index (χ3n) is 3.72. The summed E-state index contributed by atoms with van der Waals surface area (Å²) in [5.74, 6) is 0. The molecule has 0 heterocycles. The molecule has 1 aromatic carbocycles. The molecule has 0 aliphatic heterocycles. The average molecular weight is 276 g/mol. The number of methoxy groups -OCH3 is 1. The van der Waals surface area contributed by atoms with E-state index in [1.807, 2.05) is 13.0 Å². The Bertz CT molecular complexity index is 448. The second-order valence-electron chi connectivity index (χ2n) is 5.47. The molecule has 0 spiro atoms. The van der Waals surface area contributed by atoms with Gasteiger partial charge in [-0.1, -0.05) is 30.7 Å². The van der Waals surface area contributed by atoms with Gasteiger partial charge in [-0.25, -0.2) is 4.79 Å². The second kappa shape index (κ2) is 7.29. The van der Waals surface area contributed by atoms with E-state index in [0.29, 0.717) is 6.61 Å². The lowest BCUT2D eigenvalue weighted by Crippen LogP contribution is -2.44. The molecule has 2 N–H and O–H groups in total. The Morgan fingerprint density at radius 3 is 3.00 bits per heavy atom. The van der Waals surface area contributed by atoms with Crippen LogP contribution in [-0.2, 0) is 11.2 Å². The number of benzene rings is 1. The number of carbonyl (C=O) groups is 1. The summed E-state index contributed by atoms with van der Waals surface area (Å²) in [5.41, 5.74) is 2.62. The molecule has 0 saturated heterocycles. The van der Waals surface area contributed by atoms with Crippen LogP contribution < -0.4 is 10.6 Å². The summed E-state index contributed by atoms with van der Waals surface area (Å²) in [5, 5.41) is 6.00. The number of hydrogen-bond acceptors (Lipinski definition) is 2. The zero-order valence-corrected chi connectivity index (χ0v) is 12.3. The molecule has 0 fully saturated rings. The number of carbonyl (C=O) groups excluding carboxylic acids is 1. The van der Waals surface area contributed by atoms with Crippen molar-refractivity contribution in [2.24, 2.45) is 0 Å². The van der Waals surface area contributed by atoms with Crippen LogP contribution in [0.5, 0.6) is 0 Å². The normalized spacial score (nSPS) is 19.6. The predicted octanol–water partition coefficient (Wildman–Crippen LogP) is 2.79. The molecule has 2 atom stereocenters. The molecule has 0 radical (unpaired) electrons. The van der Waals surface area contributed by atoms with E-state index in [1.54, 1.807) is 7.11 Å². The minimum absolute atomic E-state index is 0.0148. The monoisotopic (exact) mass is 276 g/mol. The highest BCUT2D eigenvalue weighted by Gasteiger charge is 2.20. The van der Waals surface area contributed by atoms with Gasteiger partial charge in [0.05, 0.1) is 18.7 Å². The molecule has 4 heteroatoms. The summed E-state index contributed by atoms with van der Waals surface area (Å²) < 4.78 is 5.03. The smallest absolute Gasteiger partial charge is 0.315 e. The first kappa shape index (κ1) is 14.9. The molecule has 2 amide bonds. The third-order valence-corrected chi connectivity index (χ3v) is 3.72. The summed E-state index contributed by atoms with van der Waals surface area (Å²) in [4.78, 5) is 12.0. The lowest BCUT2D eigenvalue weighted by atomic mass is 9.99. The second-order valence-corrected chi connectivity index (χ2v) is 5.47. The van der Waals surface area contributed by atoms with Crippen molar-refractivity contribution in [3.05, 3.63) is 35.4 Å². The molecule has 0 aromatic heterocycles. The van der Waals surface area contributed by atoms with E-state index in [2.05, 4.69) is 28.8 Å². The minimum Gasteiger partial charge on any atom is -0.383 e. The van der Waals surface area contributed by atoms with E-state index >= 15 is 0 Å². The van der Waals surface area contributed by atoms with E-state index in [4.69, 9.17) is 4.74 Å². The first-order valence-electron chi connectivity index (χ1n) is 7.34. The van der Waals surface area contributed by atoms with Crippen LogP contribution in [0.25, 0.3) is 0 Å². The topological polar surface area (TPSA) is 50.4 Å². The maximum atomic E-state index is 12.0. The Hall–Kier alpha value is -1.55.